The van der Waals surface area contributed by atoms with Gasteiger partial charge in [0, 0.05) is 25.2 Å². The zero-order chi connectivity index (χ0) is 13.9. The number of amides is 1. The quantitative estimate of drug-likeness (QED) is 0.885. The molecule has 0 aliphatic carbocycles. The summed E-state index contributed by atoms with van der Waals surface area (Å²) in [6, 6.07) is 6.20. The Kier molecular flexibility index (Phi) is 3.69. The Labute approximate surface area is 118 Å². The van der Waals surface area contributed by atoms with E-state index in [1.807, 2.05) is 29.8 Å². The summed E-state index contributed by atoms with van der Waals surface area (Å²) in [5.74, 6) is -0.0180. The van der Waals surface area contributed by atoms with Crippen molar-refractivity contribution in [3.05, 3.63) is 30.1 Å². The van der Waals surface area contributed by atoms with Crippen molar-refractivity contribution in [2.75, 3.05) is 13.1 Å². The fraction of sp³-hybridized carbons (Fsp3) is 0.467. The highest BCUT2D eigenvalue weighted by Gasteiger charge is 2.14. The predicted molar refractivity (Wildman–Crippen MR) is 78.7 cm³/mol. The summed E-state index contributed by atoms with van der Waals surface area (Å²) >= 11 is 0. The number of rotatable bonds is 4. The average molecular weight is 272 g/mol. The first-order valence-electron chi connectivity index (χ1n) is 7.17. The molecule has 2 N–H and O–H groups in total. The number of hydrogen-bond acceptors (Lipinski definition) is 3. The lowest BCUT2D eigenvalue weighted by molar-refractivity contribution is 0.0952. The lowest BCUT2D eigenvalue weighted by Gasteiger charge is -2.10. The second kappa shape index (κ2) is 5.63. The Morgan fingerprint density at radius 1 is 1.55 bits per heavy atom. The largest absolute Gasteiger partial charge is 0.352 e. The number of imidazole rings is 1. The van der Waals surface area contributed by atoms with E-state index in [0.717, 1.165) is 30.5 Å². The lowest BCUT2D eigenvalue weighted by Crippen LogP contribution is -2.30. The van der Waals surface area contributed by atoms with Crippen LogP contribution in [0.3, 0.4) is 0 Å². The normalized spacial score (nSPS) is 18.6. The number of hydrogen-bond donors (Lipinski definition) is 2. The van der Waals surface area contributed by atoms with Gasteiger partial charge in [0.2, 0.25) is 0 Å². The van der Waals surface area contributed by atoms with Crippen LogP contribution in [-0.2, 0) is 7.05 Å². The molecule has 2 aromatic rings. The third-order valence-corrected chi connectivity index (χ3v) is 3.93. The first-order valence-corrected chi connectivity index (χ1v) is 7.17. The van der Waals surface area contributed by atoms with Gasteiger partial charge in [0.15, 0.2) is 0 Å². The lowest BCUT2D eigenvalue weighted by atomic mass is 10.1. The maximum Gasteiger partial charge on any atom is 0.251 e. The minimum Gasteiger partial charge on any atom is -0.352 e. The van der Waals surface area contributed by atoms with Gasteiger partial charge < -0.3 is 15.2 Å². The number of carbonyl (C=O) groups excluding carboxylic acids is 1. The topological polar surface area (TPSA) is 59.0 Å². The van der Waals surface area contributed by atoms with E-state index in [9.17, 15) is 4.79 Å². The van der Waals surface area contributed by atoms with Crippen LogP contribution < -0.4 is 10.6 Å². The zero-order valence-corrected chi connectivity index (χ0v) is 11.7. The van der Waals surface area contributed by atoms with Crippen molar-refractivity contribution in [3.8, 4) is 0 Å². The van der Waals surface area contributed by atoms with E-state index in [1.165, 1.54) is 12.8 Å². The highest BCUT2D eigenvalue weighted by Crippen LogP contribution is 2.14. The molecule has 1 fully saturated rings. The van der Waals surface area contributed by atoms with Crippen LogP contribution in [0.2, 0.25) is 0 Å². The summed E-state index contributed by atoms with van der Waals surface area (Å²) in [6.07, 6.45) is 5.22. The van der Waals surface area contributed by atoms with E-state index in [1.54, 1.807) is 6.33 Å². The van der Waals surface area contributed by atoms with Crippen LogP contribution in [0.4, 0.5) is 0 Å². The van der Waals surface area contributed by atoms with Crippen LogP contribution in [0.15, 0.2) is 24.5 Å². The smallest absolute Gasteiger partial charge is 0.251 e. The standard InChI is InChI=1S/C15H20N4O/c1-19-10-18-13-9-11(4-5-14(13)19)15(20)17-8-6-12-3-2-7-16-12/h4-5,9-10,12,16H,2-3,6-8H2,1H3,(H,17,20)/t12-/m0/s1. The average Bonchev–Trinajstić information content (AvgIpc) is 3.09. The molecule has 1 amide bonds. The van der Waals surface area contributed by atoms with Gasteiger partial charge in [-0.15, -0.1) is 0 Å². The van der Waals surface area contributed by atoms with Gasteiger partial charge in [0.05, 0.1) is 17.4 Å². The minimum atomic E-state index is -0.0180. The fourth-order valence-electron chi connectivity index (χ4n) is 2.74. The van der Waals surface area contributed by atoms with Gasteiger partial charge in [-0.05, 0) is 44.0 Å². The monoisotopic (exact) mass is 272 g/mol. The molecule has 2 heterocycles. The summed E-state index contributed by atoms with van der Waals surface area (Å²) in [4.78, 5) is 16.4. The fourth-order valence-corrected chi connectivity index (χ4v) is 2.74. The number of nitrogens with one attached hydrogen (secondary N) is 2. The minimum absolute atomic E-state index is 0.0180. The van der Waals surface area contributed by atoms with E-state index in [4.69, 9.17) is 0 Å². The van der Waals surface area contributed by atoms with E-state index < -0.39 is 0 Å². The van der Waals surface area contributed by atoms with E-state index in [0.29, 0.717) is 11.6 Å². The Hall–Kier alpha value is -1.88. The maximum atomic E-state index is 12.1. The predicted octanol–water partition coefficient (Wildman–Crippen LogP) is 1.45. The SMILES string of the molecule is Cn1cnc2cc(C(=O)NCC[C@@H]3CCCN3)ccc21. The molecule has 5 heteroatoms. The second-order valence-corrected chi connectivity index (χ2v) is 5.40. The third kappa shape index (κ3) is 2.67. The highest BCUT2D eigenvalue weighted by atomic mass is 16.1. The molecule has 1 aromatic heterocycles. The molecule has 1 saturated heterocycles. The van der Waals surface area contributed by atoms with Crippen molar-refractivity contribution in [2.45, 2.75) is 25.3 Å². The van der Waals surface area contributed by atoms with Gasteiger partial charge >= 0.3 is 0 Å². The van der Waals surface area contributed by atoms with Crippen molar-refractivity contribution in [3.63, 3.8) is 0 Å². The molecule has 1 atom stereocenters. The molecule has 0 spiro atoms. The molecule has 1 aromatic carbocycles. The molecule has 106 valence electrons. The summed E-state index contributed by atoms with van der Waals surface area (Å²) in [5.41, 5.74) is 2.57. The molecule has 3 rings (SSSR count). The van der Waals surface area contributed by atoms with Crippen molar-refractivity contribution in [1.82, 2.24) is 20.2 Å². The maximum absolute atomic E-state index is 12.1. The van der Waals surface area contributed by atoms with E-state index in [2.05, 4.69) is 15.6 Å². The molecule has 1 aliphatic heterocycles. The van der Waals surface area contributed by atoms with Crippen LogP contribution in [0.25, 0.3) is 11.0 Å². The summed E-state index contributed by atoms with van der Waals surface area (Å²) < 4.78 is 1.95. The first-order chi connectivity index (χ1) is 9.74. The number of carbonyl (C=O) groups is 1. The molecule has 20 heavy (non-hydrogen) atoms. The van der Waals surface area contributed by atoms with Gasteiger partial charge in [-0.3, -0.25) is 4.79 Å². The van der Waals surface area contributed by atoms with Crippen molar-refractivity contribution < 1.29 is 4.79 Å². The van der Waals surface area contributed by atoms with Crippen molar-refractivity contribution >= 4 is 16.9 Å². The van der Waals surface area contributed by atoms with Crippen molar-refractivity contribution in [1.29, 1.82) is 0 Å². The summed E-state index contributed by atoms with van der Waals surface area (Å²) in [6.45, 7) is 1.83. The van der Waals surface area contributed by atoms with Crippen LogP contribution in [0, 0.1) is 0 Å². The van der Waals surface area contributed by atoms with E-state index in [-0.39, 0.29) is 5.91 Å². The number of aryl methyl sites for hydroxylation is 1. The molecule has 0 bridgehead atoms. The van der Waals surface area contributed by atoms with Gasteiger partial charge in [0.1, 0.15) is 0 Å². The van der Waals surface area contributed by atoms with Crippen molar-refractivity contribution in [2.24, 2.45) is 7.05 Å². The second-order valence-electron chi connectivity index (χ2n) is 5.40. The van der Waals surface area contributed by atoms with Gasteiger partial charge in [-0.1, -0.05) is 0 Å². The molecule has 0 unspecified atom stereocenters. The molecule has 0 saturated carbocycles. The molecule has 5 nitrogen and oxygen atoms in total. The van der Waals surface area contributed by atoms with Crippen LogP contribution in [0.5, 0.6) is 0 Å². The summed E-state index contributed by atoms with van der Waals surface area (Å²) in [5, 5.41) is 6.42. The van der Waals surface area contributed by atoms with Gasteiger partial charge in [0.25, 0.3) is 5.91 Å². The number of aromatic nitrogens is 2. The van der Waals surface area contributed by atoms with Crippen LogP contribution in [-0.4, -0.2) is 34.6 Å². The number of fused-ring (bicyclic) bond motifs is 1. The molecular weight excluding hydrogens is 252 g/mol. The molecular formula is C15H20N4O. The van der Waals surface area contributed by atoms with Crippen LogP contribution in [0.1, 0.15) is 29.6 Å². The Morgan fingerprint density at radius 2 is 2.45 bits per heavy atom. The van der Waals surface area contributed by atoms with Gasteiger partial charge in [-0.2, -0.15) is 0 Å². The van der Waals surface area contributed by atoms with Crippen LogP contribution >= 0.6 is 0 Å². The number of benzene rings is 1. The zero-order valence-electron chi connectivity index (χ0n) is 11.7. The molecule has 0 radical (unpaired) electrons. The number of nitrogens with zero attached hydrogens (tertiary/aromatic N) is 2. The molecule has 1 aliphatic rings. The first kappa shape index (κ1) is 13.1. The Balaban J connectivity index is 1.60. The highest BCUT2D eigenvalue weighted by molar-refractivity contribution is 5.97. The van der Waals surface area contributed by atoms with E-state index >= 15 is 0 Å². The Bertz CT molecular complexity index is 613. The van der Waals surface area contributed by atoms with Gasteiger partial charge in [-0.25, -0.2) is 4.98 Å². The Morgan fingerprint density at radius 3 is 3.25 bits per heavy atom. The third-order valence-electron chi connectivity index (χ3n) is 3.93. The summed E-state index contributed by atoms with van der Waals surface area (Å²) in [7, 11) is 1.95.